The first-order valence-corrected chi connectivity index (χ1v) is 7.44. The van der Waals surface area contributed by atoms with Gasteiger partial charge in [-0.15, -0.1) is 10.2 Å². The van der Waals surface area contributed by atoms with E-state index in [0.717, 1.165) is 16.5 Å². The van der Waals surface area contributed by atoms with E-state index in [1.165, 1.54) is 5.56 Å². The second-order valence-electron chi connectivity index (χ2n) is 4.67. The first-order chi connectivity index (χ1) is 9.11. The molecular weight excluding hydrogens is 256 g/mol. The molecule has 0 aliphatic carbocycles. The van der Waals surface area contributed by atoms with Gasteiger partial charge in [0.25, 0.3) is 0 Å². The molecule has 0 N–H and O–H groups in total. The van der Waals surface area contributed by atoms with Crippen LogP contribution in [0.15, 0.2) is 34.5 Å². The van der Waals surface area contributed by atoms with Gasteiger partial charge in [0.15, 0.2) is 5.82 Å². The van der Waals surface area contributed by atoms with Crippen LogP contribution in [-0.4, -0.2) is 27.3 Å². The summed E-state index contributed by atoms with van der Waals surface area (Å²) in [5, 5.41) is 13.7. The summed E-state index contributed by atoms with van der Waals surface area (Å²) < 4.78 is 1.82. The van der Waals surface area contributed by atoms with E-state index in [-0.39, 0.29) is 0 Å². The summed E-state index contributed by atoms with van der Waals surface area (Å²) in [7, 11) is 0. The summed E-state index contributed by atoms with van der Waals surface area (Å²) >= 11 is 1.55. The maximum atomic E-state index is 4.52. The Balaban J connectivity index is 2.34. The lowest BCUT2D eigenvalue weighted by Crippen LogP contribution is -2.01. The standard InChI is InChI=1S/C14H18N4S/c1-10(2)13-16-17-14(19-4)18(13)15-9-12-7-5-6-11(3)8-12/h5-10H,1-4H3/b15-9-. The van der Waals surface area contributed by atoms with Crippen molar-refractivity contribution in [3.05, 3.63) is 41.2 Å². The molecule has 0 atom stereocenters. The van der Waals surface area contributed by atoms with E-state index in [4.69, 9.17) is 0 Å². The molecule has 0 radical (unpaired) electrons. The van der Waals surface area contributed by atoms with Crippen molar-refractivity contribution >= 4 is 18.0 Å². The monoisotopic (exact) mass is 274 g/mol. The van der Waals surface area contributed by atoms with E-state index in [9.17, 15) is 0 Å². The number of hydrogen-bond donors (Lipinski definition) is 0. The number of aromatic nitrogens is 3. The molecule has 1 aromatic carbocycles. The fraction of sp³-hybridized carbons (Fsp3) is 0.357. The van der Waals surface area contributed by atoms with E-state index < -0.39 is 0 Å². The highest BCUT2D eigenvalue weighted by Gasteiger charge is 2.13. The van der Waals surface area contributed by atoms with Crippen LogP contribution in [0.25, 0.3) is 0 Å². The van der Waals surface area contributed by atoms with Gasteiger partial charge in [0.05, 0.1) is 6.21 Å². The second-order valence-corrected chi connectivity index (χ2v) is 5.44. The summed E-state index contributed by atoms with van der Waals surface area (Å²) in [6.07, 6.45) is 3.83. The SMILES string of the molecule is CSc1nnc(C(C)C)n1/N=C\c1cccc(C)c1. The fourth-order valence-electron chi connectivity index (χ4n) is 1.75. The number of nitrogens with zero attached hydrogens (tertiary/aromatic N) is 4. The van der Waals surface area contributed by atoms with Crippen LogP contribution in [-0.2, 0) is 0 Å². The molecule has 0 aliphatic rings. The van der Waals surface area contributed by atoms with Gasteiger partial charge in [-0.1, -0.05) is 55.4 Å². The Kier molecular flexibility index (Phi) is 4.37. The largest absolute Gasteiger partial charge is 0.211 e. The normalized spacial score (nSPS) is 11.6. The Hall–Kier alpha value is -1.62. The van der Waals surface area contributed by atoms with Crippen molar-refractivity contribution in [3.8, 4) is 0 Å². The fourth-order valence-corrected chi connectivity index (χ4v) is 2.18. The average molecular weight is 274 g/mol. The third-order valence-electron chi connectivity index (χ3n) is 2.70. The third-order valence-corrected chi connectivity index (χ3v) is 3.32. The third kappa shape index (κ3) is 3.23. The topological polar surface area (TPSA) is 43.1 Å². The van der Waals surface area contributed by atoms with E-state index in [1.807, 2.05) is 29.3 Å². The molecule has 2 aromatic rings. The highest BCUT2D eigenvalue weighted by Crippen LogP contribution is 2.19. The summed E-state index contributed by atoms with van der Waals surface area (Å²) in [5.74, 6) is 1.18. The Morgan fingerprint density at radius 1 is 1.32 bits per heavy atom. The van der Waals surface area contributed by atoms with Gasteiger partial charge >= 0.3 is 0 Å². The minimum Gasteiger partial charge on any atom is -0.191 e. The van der Waals surface area contributed by atoms with Crippen LogP contribution in [0.1, 0.15) is 36.7 Å². The van der Waals surface area contributed by atoms with Gasteiger partial charge in [-0.2, -0.15) is 9.78 Å². The van der Waals surface area contributed by atoms with Crippen LogP contribution in [0.3, 0.4) is 0 Å². The summed E-state index contributed by atoms with van der Waals surface area (Å²) in [5.41, 5.74) is 2.30. The molecule has 0 unspecified atom stereocenters. The van der Waals surface area contributed by atoms with Gasteiger partial charge in [0.1, 0.15) is 0 Å². The molecule has 100 valence electrons. The first kappa shape index (κ1) is 13.8. The second kappa shape index (κ2) is 6.02. The van der Waals surface area contributed by atoms with Gasteiger partial charge in [0.2, 0.25) is 5.16 Å². The number of thioether (sulfide) groups is 1. The van der Waals surface area contributed by atoms with Crippen molar-refractivity contribution in [2.45, 2.75) is 31.8 Å². The molecule has 1 aromatic heterocycles. The van der Waals surface area contributed by atoms with Crippen molar-refractivity contribution in [2.75, 3.05) is 6.26 Å². The lowest BCUT2D eigenvalue weighted by molar-refractivity contribution is 0.668. The molecule has 19 heavy (non-hydrogen) atoms. The van der Waals surface area contributed by atoms with Crippen molar-refractivity contribution in [2.24, 2.45) is 5.10 Å². The maximum absolute atomic E-state index is 4.52. The van der Waals surface area contributed by atoms with Crippen LogP contribution in [0.5, 0.6) is 0 Å². The van der Waals surface area contributed by atoms with Crippen LogP contribution in [0.2, 0.25) is 0 Å². The highest BCUT2D eigenvalue weighted by molar-refractivity contribution is 7.98. The summed E-state index contributed by atoms with van der Waals surface area (Å²) in [6.45, 7) is 6.25. The summed E-state index contributed by atoms with van der Waals surface area (Å²) in [4.78, 5) is 0. The molecule has 0 saturated carbocycles. The lowest BCUT2D eigenvalue weighted by atomic mass is 10.2. The number of benzene rings is 1. The van der Waals surface area contributed by atoms with E-state index >= 15 is 0 Å². The molecule has 0 amide bonds. The van der Waals surface area contributed by atoms with Gasteiger partial charge in [0, 0.05) is 5.92 Å². The Labute approximate surface area is 117 Å². The molecule has 1 heterocycles. The summed E-state index contributed by atoms with van der Waals surface area (Å²) in [6, 6.07) is 8.24. The van der Waals surface area contributed by atoms with Crippen molar-refractivity contribution in [1.82, 2.24) is 14.9 Å². The number of hydrogen-bond acceptors (Lipinski definition) is 4. The van der Waals surface area contributed by atoms with Crippen LogP contribution >= 0.6 is 11.8 Å². The van der Waals surface area contributed by atoms with Gasteiger partial charge < -0.3 is 0 Å². The molecule has 0 spiro atoms. The van der Waals surface area contributed by atoms with Gasteiger partial charge in [-0.25, -0.2) is 0 Å². The molecule has 0 saturated heterocycles. The van der Waals surface area contributed by atoms with Crippen molar-refractivity contribution in [1.29, 1.82) is 0 Å². The number of rotatable bonds is 4. The molecule has 0 fully saturated rings. The zero-order valence-electron chi connectivity index (χ0n) is 11.7. The zero-order valence-corrected chi connectivity index (χ0v) is 12.5. The molecule has 2 rings (SSSR count). The number of aryl methyl sites for hydroxylation is 1. The molecule has 5 heteroatoms. The van der Waals surface area contributed by atoms with Gasteiger partial charge in [-0.05, 0) is 18.7 Å². The molecular formula is C14H18N4S. The maximum Gasteiger partial charge on any atom is 0.211 e. The predicted octanol–water partition coefficient (Wildman–Crippen LogP) is 3.31. The molecule has 4 nitrogen and oxygen atoms in total. The highest BCUT2D eigenvalue weighted by atomic mass is 32.2. The Morgan fingerprint density at radius 2 is 2.11 bits per heavy atom. The molecule has 0 aliphatic heterocycles. The lowest BCUT2D eigenvalue weighted by Gasteiger charge is -2.05. The predicted molar refractivity (Wildman–Crippen MR) is 80.1 cm³/mol. The average Bonchev–Trinajstić information content (AvgIpc) is 2.79. The van der Waals surface area contributed by atoms with E-state index in [2.05, 4.69) is 48.2 Å². The zero-order chi connectivity index (χ0) is 13.8. The van der Waals surface area contributed by atoms with Crippen LogP contribution in [0.4, 0.5) is 0 Å². The minimum absolute atomic E-state index is 0.294. The van der Waals surface area contributed by atoms with Crippen LogP contribution < -0.4 is 0 Å². The van der Waals surface area contributed by atoms with Crippen molar-refractivity contribution < 1.29 is 0 Å². The smallest absolute Gasteiger partial charge is 0.191 e. The van der Waals surface area contributed by atoms with E-state index in [0.29, 0.717) is 5.92 Å². The minimum atomic E-state index is 0.294. The molecule has 0 bridgehead atoms. The van der Waals surface area contributed by atoms with Crippen LogP contribution in [0, 0.1) is 6.92 Å². The first-order valence-electron chi connectivity index (χ1n) is 6.22. The van der Waals surface area contributed by atoms with Gasteiger partial charge in [-0.3, -0.25) is 0 Å². The van der Waals surface area contributed by atoms with Crippen molar-refractivity contribution in [3.63, 3.8) is 0 Å². The Bertz CT molecular complexity index is 587. The Morgan fingerprint density at radius 3 is 2.74 bits per heavy atom. The quantitative estimate of drug-likeness (QED) is 0.634. The van der Waals surface area contributed by atoms with E-state index in [1.54, 1.807) is 11.8 Å².